The molecule has 0 spiro atoms. The summed E-state index contributed by atoms with van der Waals surface area (Å²) in [6, 6.07) is 10.9. The van der Waals surface area contributed by atoms with Gasteiger partial charge in [-0.15, -0.1) is 0 Å². The van der Waals surface area contributed by atoms with Crippen molar-refractivity contribution in [3.05, 3.63) is 63.7 Å². The zero-order valence-electron chi connectivity index (χ0n) is 10.7. The number of nitro benzene ring substituents is 1. The maximum absolute atomic E-state index is 10.9. The third kappa shape index (κ3) is 2.92. The Morgan fingerprint density at radius 1 is 1.15 bits per heavy atom. The van der Waals surface area contributed by atoms with Crippen LogP contribution in [-0.4, -0.2) is 16.0 Å². The van der Waals surface area contributed by atoms with Gasteiger partial charge in [0.15, 0.2) is 0 Å². The summed E-state index contributed by atoms with van der Waals surface area (Å²) in [6.07, 6.45) is 0. The van der Waals surface area contributed by atoms with Crippen LogP contribution in [0.2, 0.25) is 0 Å². The fourth-order valence-electron chi connectivity index (χ4n) is 1.81. The summed E-state index contributed by atoms with van der Waals surface area (Å²) >= 11 is 0. The van der Waals surface area contributed by atoms with E-state index in [4.69, 9.17) is 5.11 Å². The van der Waals surface area contributed by atoms with Crippen molar-refractivity contribution in [1.29, 1.82) is 0 Å². The van der Waals surface area contributed by atoms with Gasteiger partial charge in [-0.25, -0.2) is 4.79 Å². The summed E-state index contributed by atoms with van der Waals surface area (Å²) in [5, 5.41) is 22.6. The molecule has 0 aliphatic rings. The molecule has 0 heterocycles. The lowest BCUT2D eigenvalue weighted by Gasteiger charge is -2.08. The second kappa shape index (κ2) is 5.40. The highest BCUT2D eigenvalue weighted by Crippen LogP contribution is 2.22. The maximum atomic E-state index is 10.9. The first-order valence-corrected chi connectivity index (χ1v) is 5.83. The maximum Gasteiger partial charge on any atom is 0.335 e. The van der Waals surface area contributed by atoms with Crippen molar-refractivity contribution in [2.24, 2.45) is 0 Å². The number of carbonyl (C=O) groups is 1. The van der Waals surface area contributed by atoms with E-state index in [-0.39, 0.29) is 11.3 Å². The van der Waals surface area contributed by atoms with Gasteiger partial charge in [-0.05, 0) is 42.8 Å². The topological polar surface area (TPSA) is 92.5 Å². The van der Waals surface area contributed by atoms with Crippen molar-refractivity contribution in [3.63, 3.8) is 0 Å². The summed E-state index contributed by atoms with van der Waals surface area (Å²) < 4.78 is 0. The predicted molar refractivity (Wildman–Crippen MR) is 74.5 cm³/mol. The van der Waals surface area contributed by atoms with E-state index in [0.29, 0.717) is 11.3 Å². The Kier molecular flexibility index (Phi) is 3.65. The van der Waals surface area contributed by atoms with Crippen molar-refractivity contribution in [2.45, 2.75) is 6.92 Å². The minimum absolute atomic E-state index is 0.0213. The van der Waals surface area contributed by atoms with Gasteiger partial charge in [0.05, 0.1) is 10.5 Å². The average Bonchev–Trinajstić information content (AvgIpc) is 2.39. The Morgan fingerprint density at radius 3 is 2.25 bits per heavy atom. The number of carboxylic acid groups (broad SMARTS) is 1. The first-order valence-electron chi connectivity index (χ1n) is 5.83. The minimum Gasteiger partial charge on any atom is -0.478 e. The Hall–Kier alpha value is -2.89. The molecule has 0 saturated heterocycles. The van der Waals surface area contributed by atoms with Gasteiger partial charge >= 0.3 is 5.97 Å². The molecule has 0 unspecified atom stereocenters. The van der Waals surface area contributed by atoms with Gasteiger partial charge < -0.3 is 10.4 Å². The Labute approximate surface area is 114 Å². The van der Waals surface area contributed by atoms with E-state index in [1.54, 1.807) is 31.2 Å². The Morgan fingerprint density at radius 2 is 1.75 bits per heavy atom. The number of carboxylic acids is 1. The number of anilines is 2. The predicted octanol–water partition coefficient (Wildman–Crippen LogP) is 3.35. The van der Waals surface area contributed by atoms with Gasteiger partial charge in [0.2, 0.25) is 0 Å². The number of nitro groups is 1. The lowest BCUT2D eigenvalue weighted by Crippen LogP contribution is -2.00. The van der Waals surface area contributed by atoms with E-state index >= 15 is 0 Å². The first-order chi connectivity index (χ1) is 9.47. The number of rotatable bonds is 4. The van der Waals surface area contributed by atoms with Crippen LogP contribution in [0.3, 0.4) is 0 Å². The third-order valence-corrected chi connectivity index (χ3v) is 2.82. The van der Waals surface area contributed by atoms with E-state index in [1.807, 2.05) is 0 Å². The average molecular weight is 272 g/mol. The minimum atomic E-state index is -0.968. The molecule has 0 saturated carbocycles. The first kappa shape index (κ1) is 13.5. The highest BCUT2D eigenvalue weighted by atomic mass is 16.6. The third-order valence-electron chi connectivity index (χ3n) is 2.82. The molecule has 2 aromatic carbocycles. The Bertz CT molecular complexity index is 665. The van der Waals surface area contributed by atoms with Crippen LogP contribution in [-0.2, 0) is 0 Å². The normalized spacial score (nSPS) is 10.1. The molecule has 6 heteroatoms. The van der Waals surface area contributed by atoms with Gasteiger partial charge in [-0.3, -0.25) is 10.1 Å². The molecule has 0 radical (unpaired) electrons. The van der Waals surface area contributed by atoms with Crippen LogP contribution in [0.5, 0.6) is 0 Å². The molecule has 20 heavy (non-hydrogen) atoms. The SMILES string of the molecule is Cc1cc(Nc2ccc([N+](=O)[O-])cc2)ccc1C(=O)O. The van der Waals surface area contributed by atoms with Gasteiger partial charge in [-0.1, -0.05) is 0 Å². The summed E-state index contributed by atoms with van der Waals surface area (Å²) in [5.41, 5.74) is 2.33. The molecule has 2 aromatic rings. The number of nitrogens with one attached hydrogen (secondary N) is 1. The standard InChI is InChI=1S/C14H12N2O4/c1-9-8-11(4-7-13(9)14(17)18)15-10-2-5-12(6-3-10)16(19)20/h2-8,15H,1H3,(H,17,18). The molecular weight excluding hydrogens is 260 g/mol. The molecule has 0 atom stereocenters. The van der Waals surface area contributed by atoms with Crippen molar-refractivity contribution in [2.75, 3.05) is 5.32 Å². The zero-order valence-corrected chi connectivity index (χ0v) is 10.7. The van der Waals surface area contributed by atoms with E-state index in [2.05, 4.69) is 5.32 Å². The van der Waals surface area contributed by atoms with Crippen LogP contribution in [0.25, 0.3) is 0 Å². The highest BCUT2D eigenvalue weighted by molar-refractivity contribution is 5.90. The van der Waals surface area contributed by atoms with Crippen LogP contribution in [0.1, 0.15) is 15.9 Å². The summed E-state index contributed by atoms with van der Waals surface area (Å²) in [5.74, 6) is -0.968. The van der Waals surface area contributed by atoms with Crippen LogP contribution in [0, 0.1) is 17.0 Å². The van der Waals surface area contributed by atoms with E-state index in [1.165, 1.54) is 18.2 Å². The van der Waals surface area contributed by atoms with Crippen molar-refractivity contribution >= 4 is 23.0 Å². The molecule has 0 aromatic heterocycles. The lowest BCUT2D eigenvalue weighted by molar-refractivity contribution is -0.384. The largest absolute Gasteiger partial charge is 0.478 e. The molecule has 0 aliphatic heterocycles. The molecule has 6 nitrogen and oxygen atoms in total. The number of aryl methyl sites for hydroxylation is 1. The zero-order chi connectivity index (χ0) is 14.7. The lowest BCUT2D eigenvalue weighted by atomic mass is 10.1. The number of hydrogen-bond acceptors (Lipinski definition) is 4. The van der Waals surface area contributed by atoms with Gasteiger partial charge in [0, 0.05) is 23.5 Å². The molecular formula is C14H12N2O4. The molecule has 0 amide bonds. The molecule has 102 valence electrons. The van der Waals surface area contributed by atoms with Gasteiger partial charge in [0.1, 0.15) is 0 Å². The van der Waals surface area contributed by atoms with Crippen molar-refractivity contribution in [1.82, 2.24) is 0 Å². The number of nitrogens with zero attached hydrogens (tertiary/aromatic N) is 1. The number of non-ortho nitro benzene ring substituents is 1. The quantitative estimate of drug-likeness (QED) is 0.657. The smallest absolute Gasteiger partial charge is 0.335 e. The molecule has 0 fully saturated rings. The summed E-state index contributed by atoms with van der Waals surface area (Å²) in [7, 11) is 0. The van der Waals surface area contributed by atoms with E-state index in [0.717, 1.165) is 5.69 Å². The van der Waals surface area contributed by atoms with Crippen LogP contribution >= 0.6 is 0 Å². The molecule has 0 bridgehead atoms. The number of aromatic carboxylic acids is 1. The fraction of sp³-hybridized carbons (Fsp3) is 0.0714. The monoisotopic (exact) mass is 272 g/mol. The van der Waals surface area contributed by atoms with E-state index in [9.17, 15) is 14.9 Å². The van der Waals surface area contributed by atoms with Gasteiger partial charge in [0.25, 0.3) is 5.69 Å². The van der Waals surface area contributed by atoms with Crippen LogP contribution in [0.4, 0.5) is 17.1 Å². The van der Waals surface area contributed by atoms with E-state index < -0.39 is 10.9 Å². The number of benzene rings is 2. The fourth-order valence-corrected chi connectivity index (χ4v) is 1.81. The number of hydrogen-bond donors (Lipinski definition) is 2. The molecule has 2 rings (SSSR count). The van der Waals surface area contributed by atoms with Gasteiger partial charge in [-0.2, -0.15) is 0 Å². The van der Waals surface area contributed by atoms with Crippen molar-refractivity contribution in [3.8, 4) is 0 Å². The highest BCUT2D eigenvalue weighted by Gasteiger charge is 2.08. The van der Waals surface area contributed by atoms with Crippen LogP contribution in [0.15, 0.2) is 42.5 Å². The van der Waals surface area contributed by atoms with Crippen LogP contribution < -0.4 is 5.32 Å². The second-order valence-electron chi connectivity index (χ2n) is 4.26. The Balaban J connectivity index is 2.19. The second-order valence-corrected chi connectivity index (χ2v) is 4.26. The summed E-state index contributed by atoms with van der Waals surface area (Å²) in [4.78, 5) is 21.0. The molecule has 0 aliphatic carbocycles. The van der Waals surface area contributed by atoms with Crippen molar-refractivity contribution < 1.29 is 14.8 Å². The molecule has 2 N–H and O–H groups in total. The summed E-state index contributed by atoms with van der Waals surface area (Å²) in [6.45, 7) is 1.71.